The number of hydrogen-bond acceptors (Lipinski definition) is 7. The molecular weight excluding hydrogens is 272 g/mol. The molecule has 9 heteroatoms. The molecule has 0 radical (unpaired) electrons. The second-order valence-corrected chi connectivity index (χ2v) is 5.42. The van der Waals surface area contributed by atoms with E-state index in [1.165, 1.54) is 33.7 Å². The Kier molecular flexibility index (Phi) is 3.82. The number of nitrogens with two attached hydrogens (primary N) is 2. The fourth-order valence-corrected chi connectivity index (χ4v) is 2.67. The molecule has 2 aromatic heterocycles. The van der Waals surface area contributed by atoms with E-state index in [4.69, 9.17) is 11.6 Å². The molecule has 0 saturated carbocycles. The van der Waals surface area contributed by atoms with Gasteiger partial charge in [-0.3, -0.25) is 4.79 Å². The van der Waals surface area contributed by atoms with Crippen molar-refractivity contribution in [1.82, 2.24) is 14.6 Å². The molecule has 2 heterocycles. The fraction of sp³-hybridized carbons (Fsp3) is 0.333. The van der Waals surface area contributed by atoms with Gasteiger partial charge in [0.1, 0.15) is 5.01 Å². The SMILES string of the molecule is CCc1nn2c(=O)cc(CSC(N)=NN)nc2s1. The van der Waals surface area contributed by atoms with Gasteiger partial charge in [-0.05, 0) is 6.42 Å². The summed E-state index contributed by atoms with van der Waals surface area (Å²) in [6.45, 7) is 1.98. The van der Waals surface area contributed by atoms with Crippen LogP contribution in [0.4, 0.5) is 0 Å². The van der Waals surface area contributed by atoms with E-state index in [1.807, 2.05) is 6.92 Å². The van der Waals surface area contributed by atoms with Crippen LogP contribution in [0.5, 0.6) is 0 Å². The minimum absolute atomic E-state index is 0.185. The molecule has 2 rings (SSSR count). The van der Waals surface area contributed by atoms with Gasteiger partial charge in [0.25, 0.3) is 5.56 Å². The highest BCUT2D eigenvalue weighted by molar-refractivity contribution is 8.13. The van der Waals surface area contributed by atoms with Crippen molar-refractivity contribution in [3.8, 4) is 0 Å². The van der Waals surface area contributed by atoms with E-state index >= 15 is 0 Å². The molecule has 0 bridgehead atoms. The Hall–Kier alpha value is -1.61. The summed E-state index contributed by atoms with van der Waals surface area (Å²) in [4.78, 5) is 16.8. The number of amidine groups is 1. The molecule has 0 amide bonds. The van der Waals surface area contributed by atoms with Crippen molar-refractivity contribution in [3.63, 3.8) is 0 Å². The second-order valence-electron chi connectivity index (χ2n) is 3.39. The first-order valence-electron chi connectivity index (χ1n) is 5.19. The zero-order valence-electron chi connectivity index (χ0n) is 9.66. The number of rotatable bonds is 3. The van der Waals surface area contributed by atoms with Gasteiger partial charge in [0.05, 0.1) is 5.69 Å². The molecule has 2 aromatic rings. The lowest BCUT2D eigenvalue weighted by Crippen LogP contribution is -2.16. The van der Waals surface area contributed by atoms with Crippen LogP contribution in [0, 0.1) is 0 Å². The molecule has 0 atom stereocenters. The van der Waals surface area contributed by atoms with Crippen LogP contribution >= 0.6 is 23.1 Å². The third-order valence-corrected chi connectivity index (χ3v) is 4.03. The number of aryl methyl sites for hydroxylation is 1. The smallest absolute Gasteiger partial charge is 0.275 e. The third-order valence-electron chi connectivity index (χ3n) is 2.14. The van der Waals surface area contributed by atoms with Crippen LogP contribution < -0.4 is 17.1 Å². The summed E-state index contributed by atoms with van der Waals surface area (Å²) in [5.74, 6) is 5.48. The topological polar surface area (TPSA) is 112 Å². The highest BCUT2D eigenvalue weighted by Gasteiger charge is 2.08. The number of thioether (sulfide) groups is 1. The summed E-state index contributed by atoms with van der Waals surface area (Å²) in [7, 11) is 0. The summed E-state index contributed by atoms with van der Waals surface area (Å²) >= 11 is 2.65. The standard InChI is InChI=1S/C9H12N6OS2/c1-2-6-14-15-7(16)3-5(12-9(15)18-6)4-17-8(10)13-11/h3H,2,4,11H2,1H3,(H2,10,13). The molecular formula is C9H12N6OS2. The molecule has 4 N–H and O–H groups in total. The zero-order chi connectivity index (χ0) is 13.1. The van der Waals surface area contributed by atoms with Crippen LogP contribution in [-0.4, -0.2) is 19.8 Å². The minimum Gasteiger partial charge on any atom is -0.377 e. The van der Waals surface area contributed by atoms with Gasteiger partial charge < -0.3 is 11.6 Å². The summed E-state index contributed by atoms with van der Waals surface area (Å²) in [5, 5.41) is 8.65. The normalized spacial score (nSPS) is 12.2. The van der Waals surface area contributed by atoms with Crippen molar-refractivity contribution in [2.24, 2.45) is 16.7 Å². The zero-order valence-corrected chi connectivity index (χ0v) is 11.3. The van der Waals surface area contributed by atoms with Crippen LogP contribution in [0.2, 0.25) is 0 Å². The Morgan fingerprint density at radius 3 is 3.11 bits per heavy atom. The summed E-state index contributed by atoms with van der Waals surface area (Å²) in [6, 6.07) is 1.45. The van der Waals surface area contributed by atoms with Crippen LogP contribution in [-0.2, 0) is 12.2 Å². The van der Waals surface area contributed by atoms with Crippen molar-refractivity contribution < 1.29 is 0 Å². The van der Waals surface area contributed by atoms with Crippen molar-refractivity contribution >= 4 is 33.2 Å². The summed E-state index contributed by atoms with van der Waals surface area (Å²) in [5.41, 5.74) is 5.92. The van der Waals surface area contributed by atoms with Crippen LogP contribution in [0.15, 0.2) is 16.0 Å². The quantitative estimate of drug-likeness (QED) is 0.359. The summed E-state index contributed by atoms with van der Waals surface area (Å²) in [6.07, 6.45) is 0.782. The first kappa shape index (κ1) is 12.8. The lowest BCUT2D eigenvalue weighted by molar-refractivity contribution is 0.852. The lowest BCUT2D eigenvalue weighted by atomic mass is 10.4. The maximum absolute atomic E-state index is 11.8. The van der Waals surface area contributed by atoms with E-state index in [0.29, 0.717) is 16.4 Å². The Bertz CT molecular complexity index is 646. The Morgan fingerprint density at radius 1 is 1.67 bits per heavy atom. The first-order chi connectivity index (χ1) is 8.63. The Balaban J connectivity index is 2.33. The van der Waals surface area contributed by atoms with Crippen molar-refractivity contribution in [1.29, 1.82) is 0 Å². The van der Waals surface area contributed by atoms with E-state index in [9.17, 15) is 4.79 Å². The predicted octanol–water partition coefficient (Wildman–Crippen LogP) is 0.135. The Morgan fingerprint density at radius 2 is 2.44 bits per heavy atom. The van der Waals surface area contributed by atoms with Gasteiger partial charge in [-0.15, -0.1) is 0 Å². The molecule has 0 saturated heterocycles. The van der Waals surface area contributed by atoms with Gasteiger partial charge in [0.2, 0.25) is 4.96 Å². The Labute approximate surface area is 111 Å². The van der Waals surface area contributed by atoms with Crippen LogP contribution in [0.1, 0.15) is 17.6 Å². The van der Waals surface area contributed by atoms with E-state index in [1.54, 1.807) is 0 Å². The average Bonchev–Trinajstić information content (AvgIpc) is 2.79. The number of aromatic nitrogens is 3. The van der Waals surface area contributed by atoms with Crippen LogP contribution in [0.3, 0.4) is 0 Å². The molecule has 0 aliphatic rings. The van der Waals surface area contributed by atoms with Gasteiger partial charge in [0, 0.05) is 11.8 Å². The van der Waals surface area contributed by atoms with E-state index < -0.39 is 0 Å². The largest absolute Gasteiger partial charge is 0.377 e. The van der Waals surface area contributed by atoms with Crippen molar-refractivity contribution in [2.45, 2.75) is 19.1 Å². The van der Waals surface area contributed by atoms with Crippen LogP contribution in [0.25, 0.3) is 4.96 Å². The maximum atomic E-state index is 11.8. The molecule has 0 spiro atoms. The molecule has 0 aliphatic carbocycles. The second kappa shape index (κ2) is 5.36. The molecule has 0 aliphatic heterocycles. The summed E-state index contributed by atoms with van der Waals surface area (Å²) < 4.78 is 1.32. The lowest BCUT2D eigenvalue weighted by Gasteiger charge is -1.99. The molecule has 0 unspecified atom stereocenters. The van der Waals surface area contributed by atoms with Crippen molar-refractivity contribution in [2.75, 3.05) is 0 Å². The number of hydrazone groups is 1. The highest BCUT2D eigenvalue weighted by Crippen LogP contribution is 2.14. The van der Waals surface area contributed by atoms with Gasteiger partial charge >= 0.3 is 0 Å². The van der Waals surface area contributed by atoms with E-state index in [-0.39, 0.29) is 10.7 Å². The fourth-order valence-electron chi connectivity index (χ4n) is 1.30. The number of hydrogen-bond donors (Lipinski definition) is 2. The molecule has 96 valence electrons. The third kappa shape index (κ3) is 2.62. The number of fused-ring (bicyclic) bond motifs is 1. The first-order valence-corrected chi connectivity index (χ1v) is 6.99. The van der Waals surface area contributed by atoms with Gasteiger partial charge in [-0.1, -0.05) is 30.0 Å². The minimum atomic E-state index is -0.185. The monoisotopic (exact) mass is 284 g/mol. The van der Waals surface area contributed by atoms with Gasteiger partial charge in [-0.25, -0.2) is 4.98 Å². The van der Waals surface area contributed by atoms with Crippen molar-refractivity contribution in [3.05, 3.63) is 27.1 Å². The van der Waals surface area contributed by atoms with E-state index in [2.05, 4.69) is 15.2 Å². The molecule has 18 heavy (non-hydrogen) atoms. The number of nitrogens with zero attached hydrogens (tertiary/aromatic N) is 4. The van der Waals surface area contributed by atoms with E-state index in [0.717, 1.165) is 11.4 Å². The highest BCUT2D eigenvalue weighted by atomic mass is 32.2. The van der Waals surface area contributed by atoms with Gasteiger partial charge in [-0.2, -0.15) is 14.7 Å². The molecule has 0 aromatic carbocycles. The average molecular weight is 284 g/mol. The molecule has 7 nitrogen and oxygen atoms in total. The van der Waals surface area contributed by atoms with Gasteiger partial charge in [0.15, 0.2) is 5.17 Å². The molecule has 0 fully saturated rings. The predicted molar refractivity (Wildman–Crippen MR) is 73.6 cm³/mol. The maximum Gasteiger partial charge on any atom is 0.275 e.